The van der Waals surface area contributed by atoms with Crippen molar-refractivity contribution in [3.05, 3.63) is 64.1 Å². The summed E-state index contributed by atoms with van der Waals surface area (Å²) in [6.45, 7) is 1.75. The second-order valence-electron chi connectivity index (χ2n) is 6.10. The maximum absolute atomic E-state index is 12.8. The molecule has 1 N–H and O–H groups in total. The summed E-state index contributed by atoms with van der Waals surface area (Å²) in [6.07, 6.45) is 1.38. The van der Waals surface area contributed by atoms with Crippen LogP contribution >= 0.6 is 15.9 Å². The van der Waals surface area contributed by atoms with Crippen LogP contribution in [0.25, 0.3) is 6.08 Å². The number of urea groups is 1. The summed E-state index contributed by atoms with van der Waals surface area (Å²) in [5.41, 5.74) is 0.696. The van der Waals surface area contributed by atoms with Gasteiger partial charge in [0, 0.05) is 4.47 Å². The molecule has 1 fully saturated rings. The van der Waals surface area contributed by atoms with E-state index in [1.807, 2.05) is 0 Å². The molecule has 0 unspecified atom stereocenters. The van der Waals surface area contributed by atoms with Crippen molar-refractivity contribution in [3.63, 3.8) is 0 Å². The average molecular weight is 473 g/mol. The number of benzene rings is 2. The van der Waals surface area contributed by atoms with Gasteiger partial charge in [0.25, 0.3) is 11.8 Å². The number of carbonyl (C=O) groups is 4. The second-order valence-corrected chi connectivity index (χ2v) is 7.01. The Balaban J connectivity index is 1.78. The molecule has 1 heterocycles. The summed E-state index contributed by atoms with van der Waals surface area (Å²) in [5, 5.41) is 2.17. The van der Waals surface area contributed by atoms with E-state index in [-0.39, 0.29) is 18.8 Å². The minimum absolute atomic E-state index is 0.183. The number of anilines is 1. The molecule has 9 heteroatoms. The summed E-state index contributed by atoms with van der Waals surface area (Å²) >= 11 is 3.29. The van der Waals surface area contributed by atoms with Crippen molar-refractivity contribution < 1.29 is 28.7 Å². The quantitative estimate of drug-likeness (QED) is 0.393. The molecule has 8 nitrogen and oxygen atoms in total. The summed E-state index contributed by atoms with van der Waals surface area (Å²) in [6, 6.07) is 12.2. The van der Waals surface area contributed by atoms with Crippen LogP contribution in [0.5, 0.6) is 5.75 Å². The van der Waals surface area contributed by atoms with Crippen molar-refractivity contribution in [2.75, 3.05) is 18.1 Å². The first-order valence-corrected chi connectivity index (χ1v) is 9.74. The van der Waals surface area contributed by atoms with Gasteiger partial charge in [-0.3, -0.25) is 14.9 Å². The maximum atomic E-state index is 12.8. The van der Waals surface area contributed by atoms with E-state index in [0.29, 0.717) is 17.0 Å². The zero-order valence-electron chi connectivity index (χ0n) is 15.9. The maximum Gasteiger partial charge on any atom is 0.344 e. The van der Waals surface area contributed by atoms with E-state index in [2.05, 4.69) is 21.2 Å². The molecule has 2 aromatic rings. The fourth-order valence-electron chi connectivity index (χ4n) is 2.65. The Morgan fingerprint density at radius 3 is 2.37 bits per heavy atom. The molecule has 1 aliphatic rings. The van der Waals surface area contributed by atoms with Crippen LogP contribution in [0.1, 0.15) is 12.5 Å². The molecule has 0 aliphatic carbocycles. The van der Waals surface area contributed by atoms with Crippen molar-refractivity contribution in [2.45, 2.75) is 6.92 Å². The lowest BCUT2D eigenvalue weighted by Crippen LogP contribution is -2.54. The van der Waals surface area contributed by atoms with Crippen LogP contribution in [0.4, 0.5) is 10.5 Å². The van der Waals surface area contributed by atoms with Crippen LogP contribution in [-0.4, -0.2) is 37.0 Å². The van der Waals surface area contributed by atoms with E-state index in [1.165, 1.54) is 6.08 Å². The fourth-order valence-corrected chi connectivity index (χ4v) is 2.92. The normalized spacial score (nSPS) is 15.2. The van der Waals surface area contributed by atoms with Gasteiger partial charge in [0.1, 0.15) is 11.3 Å². The van der Waals surface area contributed by atoms with Gasteiger partial charge in [-0.1, -0.05) is 28.1 Å². The van der Waals surface area contributed by atoms with Gasteiger partial charge < -0.3 is 9.47 Å². The Morgan fingerprint density at radius 2 is 1.73 bits per heavy atom. The SMILES string of the molecule is CCOC(=O)COc1ccc(C=C2C(=O)NC(=O)N(c3ccc(Br)cc3)C2=O)cc1. The number of hydrogen-bond donors (Lipinski definition) is 1. The Hall–Kier alpha value is -3.46. The number of esters is 1. The predicted molar refractivity (Wildman–Crippen MR) is 112 cm³/mol. The molecule has 3 rings (SSSR count). The predicted octanol–water partition coefficient (Wildman–Crippen LogP) is 3.06. The van der Waals surface area contributed by atoms with Gasteiger partial charge in [-0.25, -0.2) is 14.5 Å². The van der Waals surface area contributed by atoms with Crippen LogP contribution in [0, 0.1) is 0 Å². The van der Waals surface area contributed by atoms with Gasteiger partial charge in [0.15, 0.2) is 6.61 Å². The molecule has 154 valence electrons. The monoisotopic (exact) mass is 472 g/mol. The second kappa shape index (κ2) is 9.36. The molecule has 0 spiro atoms. The highest BCUT2D eigenvalue weighted by molar-refractivity contribution is 9.10. The summed E-state index contributed by atoms with van der Waals surface area (Å²) in [5.74, 6) is -1.56. The first-order valence-electron chi connectivity index (χ1n) is 8.94. The zero-order chi connectivity index (χ0) is 21.7. The topological polar surface area (TPSA) is 102 Å². The van der Waals surface area contributed by atoms with Crippen molar-refractivity contribution in [1.82, 2.24) is 5.32 Å². The Kier molecular flexibility index (Phi) is 6.63. The minimum Gasteiger partial charge on any atom is -0.482 e. The lowest BCUT2D eigenvalue weighted by molar-refractivity contribution is -0.145. The van der Waals surface area contributed by atoms with E-state index >= 15 is 0 Å². The fraction of sp³-hybridized carbons (Fsp3) is 0.143. The summed E-state index contributed by atoms with van der Waals surface area (Å²) in [4.78, 5) is 49.5. The van der Waals surface area contributed by atoms with Crippen LogP contribution in [0.15, 0.2) is 58.6 Å². The van der Waals surface area contributed by atoms with Crippen LogP contribution < -0.4 is 15.0 Å². The standard InChI is InChI=1S/C21H17BrN2O6/c1-2-29-18(25)12-30-16-9-3-13(4-10-16)11-17-19(26)23-21(28)24(20(17)27)15-7-5-14(22)6-8-15/h3-11H,2,12H2,1H3,(H,23,26,28). The summed E-state index contributed by atoms with van der Waals surface area (Å²) < 4.78 is 10.9. The molecular formula is C21H17BrN2O6. The number of amides is 4. The number of nitrogens with zero attached hydrogens (tertiary/aromatic N) is 1. The molecule has 4 amide bonds. The molecule has 1 saturated heterocycles. The van der Waals surface area contributed by atoms with E-state index in [1.54, 1.807) is 55.5 Å². The number of hydrogen-bond acceptors (Lipinski definition) is 6. The number of carbonyl (C=O) groups excluding carboxylic acids is 4. The Bertz CT molecular complexity index is 1010. The van der Waals surface area contributed by atoms with Gasteiger partial charge in [-0.05, 0) is 55.0 Å². The van der Waals surface area contributed by atoms with Crippen molar-refractivity contribution in [3.8, 4) is 5.75 Å². The molecule has 0 saturated carbocycles. The Labute approximate surface area is 180 Å². The number of nitrogens with one attached hydrogen (secondary N) is 1. The highest BCUT2D eigenvalue weighted by Crippen LogP contribution is 2.24. The molecule has 0 radical (unpaired) electrons. The van der Waals surface area contributed by atoms with Gasteiger partial charge in [0.05, 0.1) is 12.3 Å². The van der Waals surface area contributed by atoms with Gasteiger partial charge in [0.2, 0.25) is 0 Å². The highest BCUT2D eigenvalue weighted by Gasteiger charge is 2.36. The molecule has 30 heavy (non-hydrogen) atoms. The van der Waals surface area contributed by atoms with E-state index in [9.17, 15) is 19.2 Å². The van der Waals surface area contributed by atoms with Crippen LogP contribution in [-0.2, 0) is 19.1 Å². The van der Waals surface area contributed by atoms with Crippen molar-refractivity contribution >= 4 is 51.5 Å². The molecule has 0 bridgehead atoms. The van der Waals surface area contributed by atoms with E-state index in [4.69, 9.17) is 9.47 Å². The van der Waals surface area contributed by atoms with Gasteiger partial charge in [-0.2, -0.15) is 0 Å². The van der Waals surface area contributed by atoms with Crippen molar-refractivity contribution in [2.24, 2.45) is 0 Å². The summed E-state index contributed by atoms with van der Waals surface area (Å²) in [7, 11) is 0. The smallest absolute Gasteiger partial charge is 0.344 e. The van der Waals surface area contributed by atoms with Crippen molar-refractivity contribution in [1.29, 1.82) is 0 Å². The van der Waals surface area contributed by atoms with Crippen LogP contribution in [0.3, 0.4) is 0 Å². The number of imide groups is 2. The number of halogens is 1. The molecular weight excluding hydrogens is 456 g/mol. The number of barbiturate groups is 1. The van der Waals surface area contributed by atoms with Crippen LogP contribution in [0.2, 0.25) is 0 Å². The van der Waals surface area contributed by atoms with Gasteiger partial charge >= 0.3 is 12.0 Å². The molecule has 1 aliphatic heterocycles. The zero-order valence-corrected chi connectivity index (χ0v) is 17.5. The van der Waals surface area contributed by atoms with E-state index < -0.39 is 23.8 Å². The number of ether oxygens (including phenoxy) is 2. The third-order valence-corrected chi connectivity index (χ3v) is 4.57. The lowest BCUT2D eigenvalue weighted by atomic mass is 10.1. The third-order valence-electron chi connectivity index (χ3n) is 4.04. The van der Waals surface area contributed by atoms with E-state index in [0.717, 1.165) is 9.37 Å². The third kappa shape index (κ3) is 4.93. The Morgan fingerprint density at radius 1 is 1.07 bits per heavy atom. The average Bonchev–Trinajstić information content (AvgIpc) is 2.72. The van der Waals surface area contributed by atoms with Gasteiger partial charge in [-0.15, -0.1) is 0 Å². The first kappa shape index (κ1) is 21.3. The molecule has 0 atom stereocenters. The molecule has 2 aromatic carbocycles. The highest BCUT2D eigenvalue weighted by atomic mass is 79.9. The number of rotatable bonds is 6. The minimum atomic E-state index is -0.813. The lowest BCUT2D eigenvalue weighted by Gasteiger charge is -2.26. The molecule has 0 aromatic heterocycles. The largest absolute Gasteiger partial charge is 0.482 e. The first-order chi connectivity index (χ1) is 14.4.